The van der Waals surface area contributed by atoms with Gasteiger partial charge in [-0.3, -0.25) is 9.69 Å². The first-order chi connectivity index (χ1) is 14.3. The zero-order valence-electron chi connectivity index (χ0n) is 16.2. The van der Waals surface area contributed by atoms with Gasteiger partial charge in [0.25, 0.3) is 0 Å². The largest absolute Gasteiger partial charge is 0.416 e. The van der Waals surface area contributed by atoms with Gasteiger partial charge >= 0.3 is 6.18 Å². The summed E-state index contributed by atoms with van der Waals surface area (Å²) in [5.41, 5.74) is -0.244. The molecule has 1 aliphatic heterocycles. The SMILES string of the molecule is O=C(Nc1cc(C(F)(F)F)ccc1Cl)[C@@H](NCCN1CCOCC1)c1ccccc1. The molecule has 1 aliphatic rings. The van der Waals surface area contributed by atoms with Gasteiger partial charge < -0.3 is 15.4 Å². The van der Waals surface area contributed by atoms with E-state index in [2.05, 4.69) is 15.5 Å². The first kappa shape index (κ1) is 22.6. The lowest BCUT2D eigenvalue weighted by Gasteiger charge is -2.27. The van der Waals surface area contributed by atoms with Gasteiger partial charge in [0.05, 0.1) is 29.5 Å². The lowest BCUT2D eigenvalue weighted by molar-refractivity contribution is -0.137. The summed E-state index contributed by atoms with van der Waals surface area (Å²) in [7, 11) is 0. The number of alkyl halides is 3. The number of nitrogens with one attached hydrogen (secondary N) is 2. The van der Waals surface area contributed by atoms with Crippen LogP contribution in [0.2, 0.25) is 5.02 Å². The minimum atomic E-state index is -4.53. The van der Waals surface area contributed by atoms with Crippen LogP contribution >= 0.6 is 11.6 Å². The molecule has 2 N–H and O–H groups in total. The van der Waals surface area contributed by atoms with E-state index >= 15 is 0 Å². The van der Waals surface area contributed by atoms with E-state index in [1.807, 2.05) is 6.07 Å². The number of halogens is 4. The fraction of sp³-hybridized carbons (Fsp3) is 0.381. The van der Waals surface area contributed by atoms with Crippen LogP contribution in [0.5, 0.6) is 0 Å². The standard InChI is InChI=1S/C21H23ClF3N3O2/c22-17-7-6-16(21(23,24)25)14-18(17)27-20(29)19(15-4-2-1-3-5-15)26-8-9-28-10-12-30-13-11-28/h1-7,14,19,26H,8-13H2,(H,27,29)/t19-/m0/s1. The first-order valence-corrected chi connectivity index (χ1v) is 9.98. The lowest BCUT2D eigenvalue weighted by atomic mass is 10.1. The Morgan fingerprint density at radius 2 is 1.83 bits per heavy atom. The van der Waals surface area contributed by atoms with Crippen molar-refractivity contribution >= 4 is 23.2 Å². The average molecular weight is 442 g/mol. The molecule has 1 heterocycles. The maximum Gasteiger partial charge on any atom is 0.416 e. The number of nitrogens with zero attached hydrogens (tertiary/aromatic N) is 1. The van der Waals surface area contributed by atoms with Gasteiger partial charge in [-0.15, -0.1) is 0 Å². The second kappa shape index (κ2) is 10.3. The number of ether oxygens (including phenoxy) is 1. The summed E-state index contributed by atoms with van der Waals surface area (Å²) in [6.45, 7) is 4.26. The van der Waals surface area contributed by atoms with Crippen LogP contribution in [0.4, 0.5) is 18.9 Å². The van der Waals surface area contributed by atoms with Crippen LogP contribution < -0.4 is 10.6 Å². The number of hydrogen-bond acceptors (Lipinski definition) is 4. The second-order valence-electron chi connectivity index (χ2n) is 6.93. The molecule has 0 aromatic heterocycles. The summed E-state index contributed by atoms with van der Waals surface area (Å²) in [5, 5.41) is 5.79. The van der Waals surface area contributed by atoms with Crippen molar-refractivity contribution in [1.29, 1.82) is 0 Å². The van der Waals surface area contributed by atoms with Gasteiger partial charge in [-0.2, -0.15) is 13.2 Å². The van der Waals surface area contributed by atoms with E-state index in [0.29, 0.717) is 25.3 Å². The van der Waals surface area contributed by atoms with E-state index in [-0.39, 0.29) is 10.7 Å². The molecular weight excluding hydrogens is 419 g/mol. The number of carbonyl (C=O) groups excluding carboxylic acids is 1. The third-order valence-electron chi connectivity index (χ3n) is 4.83. The highest BCUT2D eigenvalue weighted by Gasteiger charge is 2.31. The van der Waals surface area contributed by atoms with Crippen LogP contribution in [-0.4, -0.2) is 50.2 Å². The monoisotopic (exact) mass is 441 g/mol. The zero-order valence-corrected chi connectivity index (χ0v) is 17.0. The molecule has 1 saturated heterocycles. The molecule has 9 heteroatoms. The summed E-state index contributed by atoms with van der Waals surface area (Å²) in [5.74, 6) is -0.482. The maximum absolute atomic E-state index is 13.0. The molecule has 2 aromatic rings. The summed E-state index contributed by atoms with van der Waals surface area (Å²) < 4.78 is 44.4. The zero-order chi connectivity index (χ0) is 21.6. The van der Waals surface area contributed by atoms with E-state index in [1.165, 1.54) is 0 Å². The van der Waals surface area contributed by atoms with Crippen molar-refractivity contribution < 1.29 is 22.7 Å². The normalized spacial score (nSPS) is 16.3. The molecule has 0 spiro atoms. The highest BCUT2D eigenvalue weighted by Crippen LogP contribution is 2.34. The van der Waals surface area contributed by atoms with Gasteiger partial charge in [0, 0.05) is 26.2 Å². The van der Waals surface area contributed by atoms with Crippen LogP contribution in [0.15, 0.2) is 48.5 Å². The smallest absolute Gasteiger partial charge is 0.379 e. The number of amides is 1. The molecule has 30 heavy (non-hydrogen) atoms. The van der Waals surface area contributed by atoms with Crippen molar-refractivity contribution in [2.24, 2.45) is 0 Å². The van der Waals surface area contributed by atoms with Gasteiger partial charge in [-0.1, -0.05) is 41.9 Å². The third-order valence-corrected chi connectivity index (χ3v) is 5.16. The van der Waals surface area contributed by atoms with Gasteiger partial charge in [0.2, 0.25) is 5.91 Å². The number of benzene rings is 2. The van der Waals surface area contributed by atoms with Crippen molar-refractivity contribution in [2.45, 2.75) is 12.2 Å². The summed E-state index contributed by atoms with van der Waals surface area (Å²) in [6, 6.07) is 11.1. The highest BCUT2D eigenvalue weighted by molar-refractivity contribution is 6.33. The topological polar surface area (TPSA) is 53.6 Å². The Balaban J connectivity index is 1.72. The lowest BCUT2D eigenvalue weighted by Crippen LogP contribution is -2.42. The Kier molecular flexibility index (Phi) is 7.71. The molecule has 0 aliphatic carbocycles. The summed E-state index contributed by atoms with van der Waals surface area (Å²) in [4.78, 5) is 15.2. The molecule has 2 aromatic carbocycles. The van der Waals surface area contributed by atoms with E-state index in [1.54, 1.807) is 24.3 Å². The predicted molar refractivity (Wildman–Crippen MR) is 110 cm³/mol. The highest BCUT2D eigenvalue weighted by atomic mass is 35.5. The summed E-state index contributed by atoms with van der Waals surface area (Å²) >= 11 is 6.03. The molecule has 1 atom stereocenters. The Bertz CT molecular complexity index is 843. The molecule has 0 bridgehead atoms. The fourth-order valence-corrected chi connectivity index (χ4v) is 3.37. The molecule has 1 fully saturated rings. The molecule has 1 amide bonds. The molecule has 5 nitrogen and oxygen atoms in total. The Hall–Kier alpha value is -2.13. The number of hydrogen-bond donors (Lipinski definition) is 2. The number of morpholine rings is 1. The molecule has 0 unspecified atom stereocenters. The molecule has 0 radical (unpaired) electrons. The second-order valence-corrected chi connectivity index (χ2v) is 7.34. The third kappa shape index (κ3) is 6.18. The van der Waals surface area contributed by atoms with Crippen molar-refractivity contribution in [3.63, 3.8) is 0 Å². The predicted octanol–water partition coefficient (Wildman–Crippen LogP) is 3.96. The summed E-state index contributed by atoms with van der Waals surface area (Å²) in [6.07, 6.45) is -4.53. The van der Waals surface area contributed by atoms with E-state index in [9.17, 15) is 18.0 Å². The van der Waals surface area contributed by atoms with Gasteiger partial charge in [-0.05, 0) is 23.8 Å². The first-order valence-electron chi connectivity index (χ1n) is 9.60. The van der Waals surface area contributed by atoms with Crippen molar-refractivity contribution in [3.8, 4) is 0 Å². The van der Waals surface area contributed by atoms with Gasteiger partial charge in [0.15, 0.2) is 0 Å². The van der Waals surface area contributed by atoms with Crippen LogP contribution in [0.3, 0.4) is 0 Å². The average Bonchev–Trinajstić information content (AvgIpc) is 2.73. The van der Waals surface area contributed by atoms with E-state index in [4.69, 9.17) is 16.3 Å². The van der Waals surface area contributed by atoms with E-state index in [0.717, 1.165) is 37.8 Å². The van der Waals surface area contributed by atoms with Crippen LogP contribution in [0.25, 0.3) is 0 Å². The fourth-order valence-electron chi connectivity index (χ4n) is 3.20. The van der Waals surface area contributed by atoms with Crippen molar-refractivity contribution in [1.82, 2.24) is 10.2 Å². The molecule has 3 rings (SSSR count). The molecular formula is C21H23ClF3N3O2. The Morgan fingerprint density at radius 3 is 2.50 bits per heavy atom. The van der Waals surface area contributed by atoms with Crippen molar-refractivity contribution in [2.75, 3.05) is 44.7 Å². The number of anilines is 1. The van der Waals surface area contributed by atoms with Crippen LogP contribution in [-0.2, 0) is 15.7 Å². The maximum atomic E-state index is 13.0. The number of carbonyl (C=O) groups is 1. The minimum Gasteiger partial charge on any atom is -0.379 e. The Labute approximate surface area is 178 Å². The molecule has 162 valence electrons. The van der Waals surface area contributed by atoms with Crippen LogP contribution in [0.1, 0.15) is 17.2 Å². The molecule has 0 saturated carbocycles. The van der Waals surface area contributed by atoms with Gasteiger partial charge in [0.1, 0.15) is 6.04 Å². The quantitative estimate of drug-likeness (QED) is 0.683. The van der Waals surface area contributed by atoms with Gasteiger partial charge in [-0.25, -0.2) is 0 Å². The number of rotatable bonds is 7. The van der Waals surface area contributed by atoms with Crippen molar-refractivity contribution in [3.05, 3.63) is 64.7 Å². The van der Waals surface area contributed by atoms with E-state index < -0.39 is 23.7 Å². The Morgan fingerprint density at radius 1 is 1.13 bits per heavy atom. The minimum absolute atomic E-state index is 0.0384. The van der Waals surface area contributed by atoms with Crippen LogP contribution in [0, 0.1) is 0 Å².